The molecule has 9 nitrogen and oxygen atoms in total. The Kier molecular flexibility index (Phi) is 6.46. The molecule has 3 aromatic rings. The molecule has 0 unspecified atom stereocenters. The lowest BCUT2D eigenvalue weighted by atomic mass is 10.2. The number of methoxy groups -OCH3 is 1. The van der Waals surface area contributed by atoms with E-state index in [0.29, 0.717) is 5.75 Å². The van der Waals surface area contributed by atoms with Crippen molar-refractivity contribution in [2.45, 2.75) is 4.90 Å². The molecule has 0 saturated heterocycles. The number of hydrogen-bond donors (Lipinski definition) is 2. The second-order valence-corrected chi connectivity index (χ2v) is 7.84. The van der Waals surface area contributed by atoms with Gasteiger partial charge in [0.2, 0.25) is 0 Å². The molecule has 0 fully saturated rings. The lowest BCUT2D eigenvalue weighted by molar-refractivity contribution is -0.384. The zero-order chi connectivity index (χ0) is 22.4. The summed E-state index contributed by atoms with van der Waals surface area (Å²) in [5, 5.41) is 15.2. The Balaban J connectivity index is 1.83. The highest BCUT2D eigenvalue weighted by Gasteiger charge is 2.21. The van der Waals surface area contributed by atoms with Crippen LogP contribution in [0.2, 0.25) is 0 Å². The third-order valence-corrected chi connectivity index (χ3v) is 5.49. The smallest absolute Gasteiger partial charge is 0.295 e. The molecule has 0 amide bonds. The van der Waals surface area contributed by atoms with Crippen LogP contribution in [0, 0.1) is 15.9 Å². The van der Waals surface area contributed by atoms with Gasteiger partial charge in [-0.3, -0.25) is 20.3 Å². The normalized spacial score (nSPS) is 11.3. The molecule has 0 atom stereocenters. The molecule has 11 heteroatoms. The predicted molar refractivity (Wildman–Crippen MR) is 115 cm³/mol. The van der Waals surface area contributed by atoms with Crippen LogP contribution in [0.3, 0.4) is 0 Å². The SMILES string of the molecule is COc1ccc(NS(=O)(=O)c2ccc(N/N=C/c3ccccc3F)c([N+](=O)[O-])c2)cc1. The molecule has 0 aromatic heterocycles. The van der Waals surface area contributed by atoms with E-state index in [4.69, 9.17) is 4.74 Å². The van der Waals surface area contributed by atoms with Crippen molar-refractivity contribution < 1.29 is 22.5 Å². The molecule has 3 rings (SSSR count). The Labute approximate surface area is 177 Å². The number of ether oxygens (including phenoxy) is 1. The van der Waals surface area contributed by atoms with Gasteiger partial charge in [-0.2, -0.15) is 5.10 Å². The second-order valence-electron chi connectivity index (χ2n) is 6.16. The van der Waals surface area contributed by atoms with E-state index >= 15 is 0 Å². The summed E-state index contributed by atoms with van der Waals surface area (Å²) in [5.41, 5.74) is 2.32. The van der Waals surface area contributed by atoms with Crippen molar-refractivity contribution in [3.8, 4) is 5.75 Å². The molecule has 0 bridgehead atoms. The number of anilines is 2. The van der Waals surface area contributed by atoms with E-state index in [2.05, 4.69) is 15.2 Å². The molecule has 0 saturated carbocycles. The first-order chi connectivity index (χ1) is 14.8. The maximum atomic E-state index is 13.6. The van der Waals surface area contributed by atoms with Crippen molar-refractivity contribution in [1.29, 1.82) is 0 Å². The largest absolute Gasteiger partial charge is 0.497 e. The fraction of sp³-hybridized carbons (Fsp3) is 0.0500. The minimum Gasteiger partial charge on any atom is -0.497 e. The minimum atomic E-state index is -4.09. The molecule has 31 heavy (non-hydrogen) atoms. The van der Waals surface area contributed by atoms with Crippen LogP contribution in [-0.4, -0.2) is 26.7 Å². The molecular weight excluding hydrogens is 427 g/mol. The highest BCUT2D eigenvalue weighted by Crippen LogP contribution is 2.29. The van der Waals surface area contributed by atoms with Gasteiger partial charge in [-0.25, -0.2) is 12.8 Å². The number of rotatable bonds is 8. The third-order valence-electron chi connectivity index (χ3n) is 4.11. The van der Waals surface area contributed by atoms with Crippen LogP contribution in [0.15, 0.2) is 76.7 Å². The van der Waals surface area contributed by atoms with E-state index < -0.39 is 26.5 Å². The average Bonchev–Trinajstić information content (AvgIpc) is 2.75. The van der Waals surface area contributed by atoms with Gasteiger partial charge in [-0.15, -0.1) is 0 Å². The maximum absolute atomic E-state index is 13.6. The number of hydrogen-bond acceptors (Lipinski definition) is 7. The Bertz CT molecular complexity index is 1230. The highest BCUT2D eigenvalue weighted by molar-refractivity contribution is 7.92. The Hall–Kier alpha value is -3.99. The van der Waals surface area contributed by atoms with Crippen molar-refractivity contribution in [2.75, 3.05) is 17.3 Å². The molecule has 0 heterocycles. The van der Waals surface area contributed by atoms with Crippen LogP contribution in [0.4, 0.5) is 21.5 Å². The van der Waals surface area contributed by atoms with Gasteiger partial charge in [-0.1, -0.05) is 18.2 Å². The molecular formula is C20H17FN4O5S. The lowest BCUT2D eigenvalue weighted by Gasteiger charge is -2.10. The van der Waals surface area contributed by atoms with Crippen LogP contribution in [-0.2, 0) is 10.0 Å². The number of nitrogens with zero attached hydrogens (tertiary/aromatic N) is 2. The molecule has 2 N–H and O–H groups in total. The summed E-state index contributed by atoms with van der Waals surface area (Å²) in [5.74, 6) is 0.0403. The first-order valence-corrected chi connectivity index (χ1v) is 10.3. The van der Waals surface area contributed by atoms with E-state index in [9.17, 15) is 22.9 Å². The average molecular weight is 444 g/mol. The number of halogens is 1. The summed E-state index contributed by atoms with van der Waals surface area (Å²) < 4.78 is 46.2. The quantitative estimate of drug-likeness (QED) is 0.308. The van der Waals surface area contributed by atoms with Crippen LogP contribution in [0.1, 0.15) is 5.56 Å². The van der Waals surface area contributed by atoms with Gasteiger partial charge in [0.25, 0.3) is 15.7 Å². The van der Waals surface area contributed by atoms with E-state index in [0.717, 1.165) is 12.3 Å². The van der Waals surface area contributed by atoms with Crippen molar-refractivity contribution in [3.05, 3.63) is 88.2 Å². The summed E-state index contributed by atoms with van der Waals surface area (Å²) >= 11 is 0. The predicted octanol–water partition coefficient (Wildman–Crippen LogP) is 3.99. The summed E-state index contributed by atoms with van der Waals surface area (Å²) in [6.45, 7) is 0. The first kappa shape index (κ1) is 21.7. The second kappa shape index (κ2) is 9.22. The third kappa shape index (κ3) is 5.34. The van der Waals surface area contributed by atoms with Crippen molar-refractivity contribution in [2.24, 2.45) is 5.10 Å². The van der Waals surface area contributed by atoms with Gasteiger partial charge in [0, 0.05) is 17.3 Å². The summed E-state index contributed by atoms with van der Waals surface area (Å²) in [7, 11) is -2.61. The van der Waals surface area contributed by atoms with Crippen LogP contribution in [0.25, 0.3) is 0 Å². The van der Waals surface area contributed by atoms with Crippen LogP contribution < -0.4 is 14.9 Å². The van der Waals surface area contributed by atoms with Gasteiger partial charge >= 0.3 is 0 Å². The number of nitrogens with one attached hydrogen (secondary N) is 2. The molecule has 0 aliphatic rings. The molecule has 0 radical (unpaired) electrons. The number of sulfonamides is 1. The lowest BCUT2D eigenvalue weighted by Crippen LogP contribution is -2.13. The molecule has 160 valence electrons. The minimum absolute atomic E-state index is 0.0546. The van der Waals surface area contributed by atoms with Gasteiger partial charge in [-0.05, 0) is 42.5 Å². The van der Waals surface area contributed by atoms with Crippen LogP contribution in [0.5, 0.6) is 5.75 Å². The van der Waals surface area contributed by atoms with Crippen LogP contribution >= 0.6 is 0 Å². The fourth-order valence-corrected chi connectivity index (χ4v) is 3.63. The Morgan fingerprint density at radius 3 is 2.45 bits per heavy atom. The summed E-state index contributed by atoms with van der Waals surface area (Å²) in [6.07, 6.45) is 1.16. The Morgan fingerprint density at radius 2 is 1.81 bits per heavy atom. The van der Waals surface area contributed by atoms with Gasteiger partial charge < -0.3 is 4.74 Å². The first-order valence-electron chi connectivity index (χ1n) is 8.79. The zero-order valence-corrected chi connectivity index (χ0v) is 17.0. The van der Waals surface area contributed by atoms with E-state index in [1.54, 1.807) is 18.2 Å². The van der Waals surface area contributed by atoms with E-state index in [1.807, 2.05) is 0 Å². The number of hydrazone groups is 1. The maximum Gasteiger partial charge on any atom is 0.295 e. The number of nitro groups is 1. The molecule has 0 aliphatic carbocycles. The standard InChI is InChI=1S/C20H17FN4O5S/c1-30-16-8-6-15(7-9-16)24-31(28,29)17-10-11-19(20(12-17)25(26)27)23-22-13-14-4-2-3-5-18(14)21/h2-13,23-24H,1H3/b22-13+. The fourth-order valence-electron chi connectivity index (χ4n) is 2.55. The van der Waals surface area contributed by atoms with Gasteiger partial charge in [0.1, 0.15) is 17.3 Å². The zero-order valence-electron chi connectivity index (χ0n) is 16.2. The topological polar surface area (TPSA) is 123 Å². The molecule has 0 spiro atoms. The van der Waals surface area contributed by atoms with Crippen molar-refractivity contribution in [3.63, 3.8) is 0 Å². The highest BCUT2D eigenvalue weighted by atomic mass is 32.2. The van der Waals surface area contributed by atoms with Crippen molar-refractivity contribution in [1.82, 2.24) is 0 Å². The summed E-state index contributed by atoms with van der Waals surface area (Å²) in [4.78, 5) is 10.4. The van der Waals surface area contributed by atoms with E-state index in [1.165, 1.54) is 49.6 Å². The van der Waals surface area contributed by atoms with Gasteiger partial charge in [0.05, 0.1) is 23.1 Å². The van der Waals surface area contributed by atoms with Gasteiger partial charge in [0.15, 0.2) is 0 Å². The van der Waals surface area contributed by atoms with Crippen molar-refractivity contribution >= 4 is 33.3 Å². The number of benzene rings is 3. The molecule has 0 aliphatic heterocycles. The summed E-state index contributed by atoms with van der Waals surface area (Å²) in [6, 6.07) is 15.3. The Morgan fingerprint density at radius 1 is 1.10 bits per heavy atom. The van der Waals surface area contributed by atoms with E-state index in [-0.39, 0.29) is 21.8 Å². The monoisotopic (exact) mass is 444 g/mol. The molecule has 3 aromatic carbocycles. The number of nitro benzene ring substituents is 1.